The van der Waals surface area contributed by atoms with Crippen molar-refractivity contribution in [3.05, 3.63) is 108 Å². The van der Waals surface area contributed by atoms with Crippen LogP contribution in [0.2, 0.25) is 5.04 Å². The van der Waals surface area contributed by atoms with E-state index >= 15 is 0 Å². The van der Waals surface area contributed by atoms with E-state index in [9.17, 15) is 0 Å². The minimum atomic E-state index is -2.56. The molecule has 3 aromatic rings. The summed E-state index contributed by atoms with van der Waals surface area (Å²) in [5, 5.41) is 2.50. The number of ether oxygens (including phenoxy) is 1. The molecular weight excluding hydrogens is 432 g/mol. The fourth-order valence-corrected chi connectivity index (χ4v) is 9.20. The average Bonchev–Trinajstić information content (AvgIpc) is 2.85. The summed E-state index contributed by atoms with van der Waals surface area (Å²) < 4.78 is 13.1. The zero-order valence-corrected chi connectivity index (χ0v) is 21.5. The molecule has 0 radical (unpaired) electrons. The third kappa shape index (κ3) is 5.52. The second-order valence-corrected chi connectivity index (χ2v) is 14.1. The maximum absolute atomic E-state index is 6.87. The average molecular weight is 467 g/mol. The Balaban J connectivity index is 1.51. The van der Waals surface area contributed by atoms with Gasteiger partial charge in [0.05, 0.1) is 12.4 Å². The Hall–Kier alpha value is -3.06. The summed E-state index contributed by atoms with van der Waals surface area (Å²) in [6.07, 6.45) is 4.86. The van der Waals surface area contributed by atoms with Crippen LogP contribution in [-0.4, -0.2) is 21.0 Å². The third-order valence-corrected chi connectivity index (χ3v) is 11.3. The van der Waals surface area contributed by atoms with E-state index < -0.39 is 8.32 Å². The van der Waals surface area contributed by atoms with E-state index in [1.165, 1.54) is 15.9 Å². The minimum Gasteiger partial charge on any atom is -0.482 e. The van der Waals surface area contributed by atoms with Crippen LogP contribution in [0, 0.1) is 11.8 Å². The Morgan fingerprint density at radius 3 is 1.97 bits per heavy atom. The van der Waals surface area contributed by atoms with E-state index in [2.05, 4.69) is 124 Å². The van der Waals surface area contributed by atoms with Crippen molar-refractivity contribution in [1.82, 2.24) is 0 Å². The van der Waals surface area contributed by atoms with Crippen molar-refractivity contribution in [2.45, 2.75) is 51.2 Å². The van der Waals surface area contributed by atoms with Crippen LogP contribution in [0.3, 0.4) is 0 Å². The molecule has 34 heavy (non-hydrogen) atoms. The van der Waals surface area contributed by atoms with Gasteiger partial charge in [0, 0.05) is 6.42 Å². The van der Waals surface area contributed by atoms with Gasteiger partial charge in [0.15, 0.2) is 6.10 Å². The summed E-state index contributed by atoms with van der Waals surface area (Å²) in [5.41, 5.74) is 1.26. The van der Waals surface area contributed by atoms with Crippen molar-refractivity contribution >= 4 is 18.7 Å². The fraction of sp³-hybridized carbons (Fsp3) is 0.290. The number of rotatable bonds is 6. The molecule has 0 N–H and O–H groups in total. The zero-order valence-electron chi connectivity index (χ0n) is 20.5. The van der Waals surface area contributed by atoms with Gasteiger partial charge in [-0.05, 0) is 39.9 Å². The Morgan fingerprint density at radius 2 is 1.41 bits per heavy atom. The zero-order chi connectivity index (χ0) is 23.9. The first-order valence-corrected chi connectivity index (χ1v) is 14.0. The van der Waals surface area contributed by atoms with Crippen LogP contribution in [0.15, 0.2) is 103 Å². The van der Waals surface area contributed by atoms with Crippen LogP contribution in [-0.2, 0) is 15.6 Å². The van der Waals surface area contributed by atoms with Crippen molar-refractivity contribution in [2.75, 3.05) is 6.61 Å². The number of benzene rings is 3. The number of allylic oxidation sites excluding steroid dienone is 2. The lowest BCUT2D eigenvalue weighted by molar-refractivity contribution is 0.136. The van der Waals surface area contributed by atoms with Crippen LogP contribution in [0.5, 0.6) is 0 Å². The highest BCUT2D eigenvalue weighted by Gasteiger charge is 2.50. The van der Waals surface area contributed by atoms with Gasteiger partial charge < -0.3 is 9.16 Å². The molecule has 1 unspecified atom stereocenters. The molecule has 1 heterocycles. The van der Waals surface area contributed by atoms with Gasteiger partial charge in [-0.15, -0.1) is 0 Å². The van der Waals surface area contributed by atoms with Gasteiger partial charge >= 0.3 is 0 Å². The van der Waals surface area contributed by atoms with Gasteiger partial charge in [-0.2, -0.15) is 0 Å². The third-order valence-electron chi connectivity index (χ3n) is 6.36. The molecule has 0 fully saturated rings. The summed E-state index contributed by atoms with van der Waals surface area (Å²) in [6, 6.07) is 31.9. The molecule has 0 amide bonds. The minimum absolute atomic E-state index is 0.0513. The van der Waals surface area contributed by atoms with Crippen LogP contribution >= 0.6 is 0 Å². The summed E-state index contributed by atoms with van der Waals surface area (Å²) in [5.74, 6) is 7.68. The second kappa shape index (κ2) is 10.9. The molecule has 4 rings (SSSR count). The molecule has 0 aromatic heterocycles. The Bertz CT molecular complexity index is 1100. The van der Waals surface area contributed by atoms with E-state index in [1.807, 2.05) is 6.07 Å². The van der Waals surface area contributed by atoms with Gasteiger partial charge in [-0.25, -0.2) is 0 Å². The van der Waals surface area contributed by atoms with Gasteiger partial charge in [-0.1, -0.05) is 124 Å². The first kappa shape index (κ1) is 24.1. The lowest BCUT2D eigenvalue weighted by Crippen LogP contribution is -2.66. The number of hydrogen-bond acceptors (Lipinski definition) is 2. The summed E-state index contributed by atoms with van der Waals surface area (Å²) in [4.78, 5) is 0. The van der Waals surface area contributed by atoms with Gasteiger partial charge in [0.2, 0.25) is 0 Å². The molecule has 2 nitrogen and oxygen atoms in total. The van der Waals surface area contributed by atoms with Crippen LogP contribution in [0.4, 0.5) is 0 Å². The van der Waals surface area contributed by atoms with E-state index in [0.717, 1.165) is 25.0 Å². The molecule has 0 aliphatic carbocycles. The molecule has 0 spiro atoms. The van der Waals surface area contributed by atoms with E-state index in [4.69, 9.17) is 9.16 Å². The molecule has 1 atom stereocenters. The highest BCUT2D eigenvalue weighted by molar-refractivity contribution is 6.99. The predicted molar refractivity (Wildman–Crippen MR) is 144 cm³/mol. The van der Waals surface area contributed by atoms with Crippen molar-refractivity contribution in [1.29, 1.82) is 0 Å². The fourth-order valence-electron chi connectivity index (χ4n) is 4.76. The predicted octanol–water partition coefficient (Wildman–Crippen LogP) is 5.87. The lowest BCUT2D eigenvalue weighted by atomic mass is 10.1. The van der Waals surface area contributed by atoms with Crippen molar-refractivity contribution in [3.63, 3.8) is 0 Å². The van der Waals surface area contributed by atoms with Crippen molar-refractivity contribution in [2.24, 2.45) is 0 Å². The highest BCUT2D eigenvalue weighted by Crippen LogP contribution is 2.36. The molecule has 1 aliphatic rings. The maximum Gasteiger partial charge on any atom is 0.262 e. The quantitative estimate of drug-likeness (QED) is 0.334. The normalized spacial score (nSPS) is 16.1. The second-order valence-electron chi connectivity index (χ2n) is 9.79. The first-order valence-electron chi connectivity index (χ1n) is 12.1. The van der Waals surface area contributed by atoms with Gasteiger partial charge in [-0.3, -0.25) is 0 Å². The Kier molecular flexibility index (Phi) is 7.72. The largest absolute Gasteiger partial charge is 0.482 e. The van der Waals surface area contributed by atoms with Crippen LogP contribution in [0.1, 0.15) is 39.2 Å². The highest BCUT2D eigenvalue weighted by atomic mass is 28.4. The van der Waals surface area contributed by atoms with Gasteiger partial charge in [0.25, 0.3) is 8.32 Å². The Morgan fingerprint density at radius 1 is 0.853 bits per heavy atom. The van der Waals surface area contributed by atoms with E-state index in [-0.39, 0.29) is 11.1 Å². The summed E-state index contributed by atoms with van der Waals surface area (Å²) in [7, 11) is -2.56. The topological polar surface area (TPSA) is 18.5 Å². The standard InChI is InChI=1S/C31H34O2Si/c1-31(2,3)34(29-20-9-5-10-21-29,30-22-11-6-12-23-30)32-24-14-19-27-17-13-18-28(33-27)25-26-15-7-4-8-16-26/h4-12,15-16,18,20-23,27H,13,17,24-25H2,1-3H3. The van der Waals surface area contributed by atoms with Gasteiger partial charge in [0.1, 0.15) is 0 Å². The van der Waals surface area contributed by atoms with Crippen LogP contribution in [0.25, 0.3) is 0 Å². The molecule has 174 valence electrons. The molecule has 0 saturated heterocycles. The molecule has 3 heteroatoms. The monoisotopic (exact) mass is 466 g/mol. The Labute approximate surface area is 205 Å². The summed E-state index contributed by atoms with van der Waals surface area (Å²) >= 11 is 0. The summed E-state index contributed by atoms with van der Waals surface area (Å²) in [6.45, 7) is 7.26. The van der Waals surface area contributed by atoms with Crippen LogP contribution < -0.4 is 10.4 Å². The van der Waals surface area contributed by atoms with Crippen molar-refractivity contribution in [3.8, 4) is 11.8 Å². The molecule has 0 saturated carbocycles. The lowest BCUT2D eigenvalue weighted by Gasteiger charge is -2.42. The molecule has 1 aliphatic heterocycles. The maximum atomic E-state index is 6.87. The first-order chi connectivity index (χ1) is 16.5. The molecule has 3 aromatic carbocycles. The van der Waals surface area contributed by atoms with Crippen molar-refractivity contribution < 1.29 is 9.16 Å². The van der Waals surface area contributed by atoms with E-state index in [0.29, 0.717) is 6.61 Å². The SMILES string of the molecule is CC(C)(C)[Si](OCC#CC1CCC=C(Cc2ccccc2)O1)(c1ccccc1)c1ccccc1. The molecular formula is C31H34O2Si. The molecule has 0 bridgehead atoms. The smallest absolute Gasteiger partial charge is 0.262 e. The number of hydrogen-bond donors (Lipinski definition) is 0. The van der Waals surface area contributed by atoms with E-state index in [1.54, 1.807) is 0 Å².